The molecule has 64 valence electrons. The van der Waals surface area contributed by atoms with Gasteiger partial charge in [-0.25, -0.2) is 0 Å². The second-order valence-electron chi connectivity index (χ2n) is 2.97. The van der Waals surface area contributed by atoms with Crippen molar-refractivity contribution in [2.75, 3.05) is 6.54 Å². The Morgan fingerprint density at radius 3 is 3.18 bits per heavy atom. The first-order chi connectivity index (χ1) is 5.33. The lowest BCUT2D eigenvalue weighted by molar-refractivity contribution is 0.0139. The Morgan fingerprint density at radius 2 is 2.45 bits per heavy atom. The van der Waals surface area contributed by atoms with Gasteiger partial charge in [0, 0.05) is 6.54 Å². The van der Waals surface area contributed by atoms with Crippen LogP contribution >= 0.6 is 0 Å². The molecule has 0 radical (unpaired) electrons. The van der Waals surface area contributed by atoms with Gasteiger partial charge >= 0.3 is 0 Å². The Kier molecular flexibility index (Phi) is 3.43. The second kappa shape index (κ2) is 4.39. The van der Waals surface area contributed by atoms with Crippen LogP contribution in [0.1, 0.15) is 26.7 Å². The lowest BCUT2D eigenvalue weighted by Crippen LogP contribution is -2.25. The third kappa shape index (κ3) is 2.93. The number of rotatable bonds is 1. The van der Waals surface area contributed by atoms with E-state index in [9.17, 15) is 0 Å². The molecule has 0 saturated carbocycles. The summed E-state index contributed by atoms with van der Waals surface area (Å²) in [5.41, 5.74) is 0. The topological polar surface area (TPSA) is 21.3 Å². The molecule has 2 unspecified atom stereocenters. The average molecular weight is 155 g/mol. The molecule has 1 aliphatic heterocycles. The molecule has 11 heavy (non-hydrogen) atoms. The summed E-state index contributed by atoms with van der Waals surface area (Å²) in [6, 6.07) is 0. The molecule has 0 aliphatic carbocycles. The highest BCUT2D eigenvalue weighted by Gasteiger charge is 2.10. The fourth-order valence-electron chi connectivity index (χ4n) is 1.25. The van der Waals surface area contributed by atoms with Gasteiger partial charge < -0.3 is 10.1 Å². The molecule has 1 N–H and O–H groups in total. The zero-order valence-electron chi connectivity index (χ0n) is 7.34. The van der Waals surface area contributed by atoms with Gasteiger partial charge in [-0.1, -0.05) is 6.92 Å². The maximum atomic E-state index is 5.71. The van der Waals surface area contributed by atoms with Gasteiger partial charge in [0.05, 0.1) is 12.2 Å². The number of ether oxygens (including phenoxy) is 1. The summed E-state index contributed by atoms with van der Waals surface area (Å²) in [6.07, 6.45) is 6.96. The lowest BCUT2D eigenvalue weighted by Gasteiger charge is -2.21. The molecule has 1 heterocycles. The minimum atomic E-state index is 0.257. The summed E-state index contributed by atoms with van der Waals surface area (Å²) in [6.45, 7) is 5.27. The Labute approximate surface area is 68.6 Å². The van der Waals surface area contributed by atoms with Gasteiger partial charge in [0.25, 0.3) is 0 Å². The summed E-state index contributed by atoms with van der Waals surface area (Å²) in [5.74, 6) is 0. The van der Waals surface area contributed by atoms with Crippen LogP contribution in [0.15, 0.2) is 12.3 Å². The van der Waals surface area contributed by atoms with Crippen molar-refractivity contribution in [1.29, 1.82) is 0 Å². The first kappa shape index (κ1) is 8.60. The Bertz CT molecular complexity index is 134. The van der Waals surface area contributed by atoms with Crippen LogP contribution < -0.4 is 5.32 Å². The SMILES string of the molecule is CCC1CCN/C=C/C(C)O1. The van der Waals surface area contributed by atoms with E-state index in [1.54, 1.807) is 0 Å². The highest BCUT2D eigenvalue weighted by molar-refractivity contribution is 4.88. The zero-order valence-corrected chi connectivity index (χ0v) is 7.34. The number of nitrogens with one attached hydrogen (secondary N) is 1. The van der Waals surface area contributed by atoms with Gasteiger partial charge in [0.2, 0.25) is 0 Å². The van der Waals surface area contributed by atoms with E-state index in [-0.39, 0.29) is 6.10 Å². The first-order valence-corrected chi connectivity index (χ1v) is 4.38. The molecule has 0 fully saturated rings. The predicted molar refractivity (Wildman–Crippen MR) is 46.4 cm³/mol. The van der Waals surface area contributed by atoms with Crippen LogP contribution in [0.4, 0.5) is 0 Å². The third-order valence-corrected chi connectivity index (χ3v) is 1.96. The van der Waals surface area contributed by atoms with E-state index >= 15 is 0 Å². The molecule has 0 aromatic heterocycles. The van der Waals surface area contributed by atoms with Gasteiger partial charge in [-0.15, -0.1) is 0 Å². The molecule has 0 saturated heterocycles. The molecular weight excluding hydrogens is 138 g/mol. The molecule has 0 amide bonds. The van der Waals surface area contributed by atoms with Crippen LogP contribution in [-0.2, 0) is 4.74 Å². The van der Waals surface area contributed by atoms with E-state index in [1.165, 1.54) is 0 Å². The van der Waals surface area contributed by atoms with Crippen molar-refractivity contribution in [2.24, 2.45) is 0 Å². The van der Waals surface area contributed by atoms with E-state index in [4.69, 9.17) is 4.74 Å². The molecule has 2 heteroatoms. The van der Waals surface area contributed by atoms with E-state index in [0.29, 0.717) is 6.10 Å². The van der Waals surface area contributed by atoms with Gasteiger partial charge in [0.1, 0.15) is 0 Å². The summed E-state index contributed by atoms with van der Waals surface area (Å²) >= 11 is 0. The first-order valence-electron chi connectivity index (χ1n) is 4.38. The van der Waals surface area contributed by atoms with Crippen LogP contribution in [0.3, 0.4) is 0 Å². The molecule has 1 rings (SSSR count). The minimum Gasteiger partial charge on any atom is -0.391 e. The predicted octanol–water partition coefficient (Wildman–Crippen LogP) is 1.68. The van der Waals surface area contributed by atoms with Crippen LogP contribution in [0.25, 0.3) is 0 Å². The van der Waals surface area contributed by atoms with Crippen LogP contribution in [0.5, 0.6) is 0 Å². The standard InChI is InChI=1S/C9H17NO/c1-3-9-5-7-10-6-4-8(2)11-9/h4,6,8-10H,3,5,7H2,1-2H3/b6-4+. The molecule has 2 nitrogen and oxygen atoms in total. The molecule has 1 aliphatic rings. The Balaban J connectivity index is 2.41. The average Bonchev–Trinajstić information content (AvgIpc) is 1.96. The maximum Gasteiger partial charge on any atom is 0.0748 e. The Hall–Kier alpha value is -0.500. The summed E-state index contributed by atoms with van der Waals surface area (Å²) in [5, 5.41) is 3.22. The normalized spacial score (nSPS) is 35.1. The summed E-state index contributed by atoms with van der Waals surface area (Å²) in [4.78, 5) is 0. The summed E-state index contributed by atoms with van der Waals surface area (Å²) < 4.78 is 5.71. The molecule has 0 aromatic carbocycles. The van der Waals surface area contributed by atoms with E-state index in [1.807, 2.05) is 6.20 Å². The van der Waals surface area contributed by atoms with Gasteiger partial charge in [-0.2, -0.15) is 0 Å². The monoisotopic (exact) mass is 155 g/mol. The third-order valence-electron chi connectivity index (χ3n) is 1.96. The van der Waals surface area contributed by atoms with E-state index < -0.39 is 0 Å². The van der Waals surface area contributed by atoms with Crippen molar-refractivity contribution >= 4 is 0 Å². The lowest BCUT2D eigenvalue weighted by atomic mass is 10.2. The molecular formula is C9H17NO. The van der Waals surface area contributed by atoms with E-state index in [0.717, 1.165) is 19.4 Å². The van der Waals surface area contributed by atoms with Crippen LogP contribution in [-0.4, -0.2) is 18.8 Å². The smallest absolute Gasteiger partial charge is 0.0748 e. The number of hydrogen-bond acceptors (Lipinski definition) is 2. The van der Waals surface area contributed by atoms with Crippen molar-refractivity contribution in [3.8, 4) is 0 Å². The van der Waals surface area contributed by atoms with E-state index in [2.05, 4.69) is 25.2 Å². The van der Waals surface area contributed by atoms with Gasteiger partial charge in [0.15, 0.2) is 0 Å². The van der Waals surface area contributed by atoms with Crippen molar-refractivity contribution in [3.63, 3.8) is 0 Å². The Morgan fingerprint density at radius 1 is 1.64 bits per heavy atom. The maximum absolute atomic E-state index is 5.71. The number of hydrogen-bond donors (Lipinski definition) is 1. The van der Waals surface area contributed by atoms with Crippen molar-refractivity contribution in [3.05, 3.63) is 12.3 Å². The fraction of sp³-hybridized carbons (Fsp3) is 0.778. The van der Waals surface area contributed by atoms with Crippen LogP contribution in [0, 0.1) is 0 Å². The van der Waals surface area contributed by atoms with Gasteiger partial charge in [-0.3, -0.25) is 0 Å². The highest BCUT2D eigenvalue weighted by atomic mass is 16.5. The second-order valence-corrected chi connectivity index (χ2v) is 2.97. The molecule has 0 aromatic rings. The zero-order chi connectivity index (χ0) is 8.10. The minimum absolute atomic E-state index is 0.257. The van der Waals surface area contributed by atoms with Crippen LogP contribution in [0.2, 0.25) is 0 Å². The van der Waals surface area contributed by atoms with Crippen molar-refractivity contribution in [2.45, 2.75) is 38.9 Å². The van der Waals surface area contributed by atoms with Gasteiger partial charge in [-0.05, 0) is 32.0 Å². The van der Waals surface area contributed by atoms with Crippen molar-refractivity contribution in [1.82, 2.24) is 5.32 Å². The van der Waals surface area contributed by atoms with Crippen molar-refractivity contribution < 1.29 is 4.74 Å². The summed E-state index contributed by atoms with van der Waals surface area (Å²) in [7, 11) is 0. The molecule has 0 spiro atoms. The molecule has 0 bridgehead atoms. The largest absolute Gasteiger partial charge is 0.391 e. The quantitative estimate of drug-likeness (QED) is 0.622. The molecule has 2 atom stereocenters. The fourth-order valence-corrected chi connectivity index (χ4v) is 1.25. The highest BCUT2D eigenvalue weighted by Crippen LogP contribution is 2.08.